The van der Waals surface area contributed by atoms with E-state index < -0.39 is 0 Å². The maximum absolute atomic E-state index is 12.5. The zero-order valence-corrected chi connectivity index (χ0v) is 15.7. The van der Waals surface area contributed by atoms with Gasteiger partial charge in [0.1, 0.15) is 17.8 Å². The van der Waals surface area contributed by atoms with E-state index in [1.54, 1.807) is 6.07 Å². The van der Waals surface area contributed by atoms with Crippen LogP contribution in [0.2, 0.25) is 0 Å². The van der Waals surface area contributed by atoms with Crippen LogP contribution in [0.3, 0.4) is 0 Å². The van der Waals surface area contributed by atoms with Gasteiger partial charge in [0.2, 0.25) is 0 Å². The third-order valence-corrected chi connectivity index (χ3v) is 4.54. The van der Waals surface area contributed by atoms with Gasteiger partial charge in [-0.1, -0.05) is 42.5 Å². The van der Waals surface area contributed by atoms with Gasteiger partial charge in [0, 0.05) is 18.3 Å². The van der Waals surface area contributed by atoms with Gasteiger partial charge in [-0.05, 0) is 49.4 Å². The van der Waals surface area contributed by atoms with Crippen molar-refractivity contribution >= 4 is 17.4 Å². The van der Waals surface area contributed by atoms with E-state index in [0.29, 0.717) is 11.5 Å². The van der Waals surface area contributed by atoms with Crippen LogP contribution in [0.1, 0.15) is 33.6 Å². The number of nitrogens with zero attached hydrogens (tertiary/aromatic N) is 2. The van der Waals surface area contributed by atoms with Crippen molar-refractivity contribution in [1.29, 1.82) is 0 Å². The van der Waals surface area contributed by atoms with E-state index in [0.717, 1.165) is 36.2 Å². The predicted octanol–water partition coefficient (Wildman–Crippen LogP) is 4.39. The molecule has 1 amide bonds. The van der Waals surface area contributed by atoms with Gasteiger partial charge in [0.15, 0.2) is 0 Å². The predicted molar refractivity (Wildman–Crippen MR) is 109 cm³/mol. The first kappa shape index (κ1) is 18.6. The van der Waals surface area contributed by atoms with Crippen molar-refractivity contribution in [2.75, 3.05) is 17.2 Å². The Bertz CT molecular complexity index is 909. The molecule has 5 nitrogen and oxygen atoms in total. The van der Waals surface area contributed by atoms with Gasteiger partial charge < -0.3 is 10.6 Å². The van der Waals surface area contributed by atoms with Crippen molar-refractivity contribution in [3.05, 3.63) is 83.3 Å². The number of aryl methyl sites for hydroxylation is 2. The third-order valence-electron chi connectivity index (χ3n) is 4.54. The Morgan fingerprint density at radius 3 is 2.63 bits per heavy atom. The SMILES string of the molecule is Cc1cccc(NC(=O)c2cc(NCCCc3ccccc3)ncn2)c1C. The summed E-state index contributed by atoms with van der Waals surface area (Å²) in [7, 11) is 0. The molecule has 3 rings (SSSR count). The van der Waals surface area contributed by atoms with Crippen molar-refractivity contribution in [3.63, 3.8) is 0 Å². The standard InChI is InChI=1S/C22H24N4O/c1-16-8-6-12-19(17(16)2)26-22(27)20-14-21(25-15-24-20)23-13-7-11-18-9-4-3-5-10-18/h3-6,8-10,12,14-15H,7,11,13H2,1-2H3,(H,26,27)(H,23,24,25). The number of carbonyl (C=O) groups excluding carboxylic acids is 1. The third kappa shape index (κ3) is 5.14. The minimum Gasteiger partial charge on any atom is -0.370 e. The minimum atomic E-state index is -0.238. The minimum absolute atomic E-state index is 0.238. The average molecular weight is 360 g/mol. The number of anilines is 2. The van der Waals surface area contributed by atoms with E-state index >= 15 is 0 Å². The van der Waals surface area contributed by atoms with Crippen LogP contribution in [0.25, 0.3) is 0 Å². The maximum Gasteiger partial charge on any atom is 0.274 e. The number of carbonyl (C=O) groups is 1. The summed E-state index contributed by atoms with van der Waals surface area (Å²) in [6.07, 6.45) is 3.40. The number of rotatable bonds is 7. The Balaban J connectivity index is 1.56. The average Bonchev–Trinajstić information content (AvgIpc) is 2.70. The molecule has 0 aliphatic rings. The first-order valence-electron chi connectivity index (χ1n) is 9.11. The quantitative estimate of drug-likeness (QED) is 0.613. The van der Waals surface area contributed by atoms with Crippen molar-refractivity contribution < 1.29 is 4.79 Å². The summed E-state index contributed by atoms with van der Waals surface area (Å²) >= 11 is 0. The normalized spacial score (nSPS) is 10.4. The number of benzene rings is 2. The summed E-state index contributed by atoms with van der Waals surface area (Å²) in [6.45, 7) is 4.79. The molecule has 0 saturated carbocycles. The summed E-state index contributed by atoms with van der Waals surface area (Å²) in [6, 6.07) is 17.9. The zero-order chi connectivity index (χ0) is 19.1. The lowest BCUT2D eigenvalue weighted by Crippen LogP contribution is -2.16. The molecule has 1 aromatic heterocycles. The molecule has 138 valence electrons. The van der Waals surface area contributed by atoms with Gasteiger partial charge in [-0.15, -0.1) is 0 Å². The van der Waals surface area contributed by atoms with Gasteiger partial charge in [0.25, 0.3) is 5.91 Å². The molecule has 0 spiro atoms. The number of amides is 1. The van der Waals surface area contributed by atoms with Gasteiger partial charge in [-0.25, -0.2) is 9.97 Å². The highest BCUT2D eigenvalue weighted by Gasteiger charge is 2.11. The molecule has 5 heteroatoms. The molecule has 0 atom stereocenters. The van der Waals surface area contributed by atoms with Crippen molar-refractivity contribution in [1.82, 2.24) is 9.97 Å². The monoisotopic (exact) mass is 360 g/mol. The Kier molecular flexibility index (Phi) is 6.15. The molecule has 0 aliphatic carbocycles. The smallest absolute Gasteiger partial charge is 0.274 e. The molecule has 3 aromatic rings. The highest BCUT2D eigenvalue weighted by Crippen LogP contribution is 2.18. The number of hydrogen-bond donors (Lipinski definition) is 2. The molecular formula is C22H24N4O. The lowest BCUT2D eigenvalue weighted by Gasteiger charge is -2.11. The Morgan fingerprint density at radius 1 is 1.00 bits per heavy atom. The molecule has 0 aliphatic heterocycles. The van der Waals surface area contributed by atoms with Gasteiger partial charge in [-0.3, -0.25) is 4.79 Å². The van der Waals surface area contributed by atoms with E-state index in [4.69, 9.17) is 0 Å². The highest BCUT2D eigenvalue weighted by atomic mass is 16.1. The van der Waals surface area contributed by atoms with Crippen LogP contribution in [0.4, 0.5) is 11.5 Å². The van der Waals surface area contributed by atoms with E-state index in [9.17, 15) is 4.79 Å². The summed E-state index contributed by atoms with van der Waals surface area (Å²) in [5.41, 5.74) is 4.65. The van der Waals surface area contributed by atoms with Crippen LogP contribution in [0.15, 0.2) is 60.9 Å². The van der Waals surface area contributed by atoms with Crippen LogP contribution in [-0.4, -0.2) is 22.4 Å². The largest absolute Gasteiger partial charge is 0.370 e. The molecule has 0 bridgehead atoms. The topological polar surface area (TPSA) is 66.9 Å². The molecule has 0 radical (unpaired) electrons. The molecule has 2 N–H and O–H groups in total. The fourth-order valence-corrected chi connectivity index (χ4v) is 2.80. The Hall–Kier alpha value is -3.21. The van der Waals surface area contributed by atoms with Crippen molar-refractivity contribution in [3.8, 4) is 0 Å². The molecule has 0 saturated heterocycles. The second-order valence-electron chi connectivity index (χ2n) is 6.51. The summed E-state index contributed by atoms with van der Waals surface area (Å²) < 4.78 is 0. The van der Waals surface area contributed by atoms with Gasteiger partial charge >= 0.3 is 0 Å². The number of aromatic nitrogens is 2. The van der Waals surface area contributed by atoms with Crippen LogP contribution in [-0.2, 0) is 6.42 Å². The zero-order valence-electron chi connectivity index (χ0n) is 15.7. The van der Waals surface area contributed by atoms with Crippen LogP contribution < -0.4 is 10.6 Å². The molecule has 0 unspecified atom stereocenters. The fraction of sp³-hybridized carbons (Fsp3) is 0.227. The molecule has 2 aromatic carbocycles. The Labute approximate surface area is 159 Å². The summed E-state index contributed by atoms with van der Waals surface area (Å²) in [5, 5.41) is 6.19. The molecule has 0 fully saturated rings. The second-order valence-corrected chi connectivity index (χ2v) is 6.51. The lowest BCUT2D eigenvalue weighted by molar-refractivity contribution is 0.102. The molecular weight excluding hydrogens is 336 g/mol. The van der Waals surface area contributed by atoms with E-state index in [-0.39, 0.29) is 5.91 Å². The second kappa shape index (κ2) is 8.94. The van der Waals surface area contributed by atoms with E-state index in [2.05, 4.69) is 32.7 Å². The van der Waals surface area contributed by atoms with Crippen LogP contribution >= 0.6 is 0 Å². The lowest BCUT2D eigenvalue weighted by atomic mass is 10.1. The van der Waals surface area contributed by atoms with E-state index in [1.165, 1.54) is 11.9 Å². The molecule has 27 heavy (non-hydrogen) atoms. The fourth-order valence-electron chi connectivity index (χ4n) is 2.80. The van der Waals surface area contributed by atoms with Crippen molar-refractivity contribution in [2.24, 2.45) is 0 Å². The summed E-state index contributed by atoms with van der Waals surface area (Å²) in [4.78, 5) is 20.8. The van der Waals surface area contributed by atoms with E-state index in [1.807, 2.05) is 50.2 Å². The van der Waals surface area contributed by atoms with Gasteiger partial charge in [0.05, 0.1) is 0 Å². The first-order valence-corrected chi connectivity index (χ1v) is 9.11. The Morgan fingerprint density at radius 2 is 1.81 bits per heavy atom. The van der Waals surface area contributed by atoms with Crippen LogP contribution in [0, 0.1) is 13.8 Å². The number of hydrogen-bond acceptors (Lipinski definition) is 4. The van der Waals surface area contributed by atoms with Gasteiger partial charge in [-0.2, -0.15) is 0 Å². The first-order chi connectivity index (χ1) is 13.1. The highest BCUT2D eigenvalue weighted by molar-refractivity contribution is 6.03. The maximum atomic E-state index is 12.5. The molecule has 1 heterocycles. The number of nitrogens with one attached hydrogen (secondary N) is 2. The summed E-state index contributed by atoms with van der Waals surface area (Å²) in [5.74, 6) is 0.419. The van der Waals surface area contributed by atoms with Crippen molar-refractivity contribution in [2.45, 2.75) is 26.7 Å². The van der Waals surface area contributed by atoms with Crippen LogP contribution in [0.5, 0.6) is 0 Å².